The summed E-state index contributed by atoms with van der Waals surface area (Å²) in [6.07, 6.45) is 7.18. The molecule has 0 atom stereocenters. The number of hydrogen-bond donors (Lipinski definition) is 1. The molecule has 1 aliphatic carbocycles. The van der Waals surface area contributed by atoms with Crippen LogP contribution in [0.15, 0.2) is 12.4 Å². The zero-order chi connectivity index (χ0) is 10.7. The molecule has 80 valence electrons. The summed E-state index contributed by atoms with van der Waals surface area (Å²) in [7, 11) is 0. The first-order valence-corrected chi connectivity index (χ1v) is 4.98. The van der Waals surface area contributed by atoms with E-state index >= 15 is 0 Å². The van der Waals surface area contributed by atoms with Crippen LogP contribution in [0.5, 0.6) is 5.88 Å². The average Bonchev–Trinajstić information content (AvgIpc) is 2.71. The second kappa shape index (κ2) is 4.25. The molecule has 15 heavy (non-hydrogen) atoms. The molecule has 0 unspecified atom stereocenters. The first-order chi connectivity index (χ1) is 7.25. The largest absolute Gasteiger partial charge is 0.476 e. The lowest BCUT2D eigenvalue weighted by Crippen LogP contribution is -2.13. The Labute approximate surface area is 87.1 Å². The predicted octanol–water partition coefficient (Wildman–Crippen LogP) is 1.50. The molecule has 1 aromatic heterocycles. The van der Waals surface area contributed by atoms with Gasteiger partial charge in [-0.3, -0.25) is 4.98 Å². The predicted molar refractivity (Wildman–Crippen MR) is 51.9 cm³/mol. The van der Waals surface area contributed by atoms with Crippen molar-refractivity contribution in [2.45, 2.75) is 31.8 Å². The van der Waals surface area contributed by atoms with Crippen LogP contribution in [0.1, 0.15) is 36.2 Å². The van der Waals surface area contributed by atoms with E-state index < -0.39 is 5.97 Å². The number of rotatable bonds is 3. The van der Waals surface area contributed by atoms with Gasteiger partial charge in [0, 0.05) is 0 Å². The molecule has 0 saturated heterocycles. The fourth-order valence-electron chi connectivity index (χ4n) is 1.68. The number of carboxylic acid groups (broad SMARTS) is 1. The van der Waals surface area contributed by atoms with E-state index in [1.54, 1.807) is 0 Å². The molecule has 0 spiro atoms. The Morgan fingerprint density at radius 1 is 1.40 bits per heavy atom. The van der Waals surface area contributed by atoms with Gasteiger partial charge in [0.15, 0.2) is 5.69 Å². The van der Waals surface area contributed by atoms with Crippen molar-refractivity contribution >= 4 is 5.97 Å². The molecule has 1 aliphatic rings. The summed E-state index contributed by atoms with van der Waals surface area (Å²) in [5, 5.41) is 8.71. The minimum absolute atomic E-state index is 0.0782. The Kier molecular flexibility index (Phi) is 2.80. The molecule has 0 radical (unpaired) electrons. The molecule has 0 amide bonds. The van der Waals surface area contributed by atoms with Gasteiger partial charge in [0.25, 0.3) is 0 Å². The van der Waals surface area contributed by atoms with E-state index in [0.29, 0.717) is 5.88 Å². The lowest BCUT2D eigenvalue weighted by atomic mass is 10.3. The maximum absolute atomic E-state index is 10.6. The molecule has 0 aromatic carbocycles. The monoisotopic (exact) mass is 208 g/mol. The Bertz CT molecular complexity index is 361. The van der Waals surface area contributed by atoms with Gasteiger partial charge >= 0.3 is 5.97 Å². The van der Waals surface area contributed by atoms with E-state index in [1.165, 1.54) is 12.4 Å². The fraction of sp³-hybridized carbons (Fsp3) is 0.500. The number of nitrogens with zero attached hydrogens (tertiary/aromatic N) is 2. The van der Waals surface area contributed by atoms with E-state index in [2.05, 4.69) is 9.97 Å². The lowest BCUT2D eigenvalue weighted by molar-refractivity contribution is 0.0687. The smallest absolute Gasteiger partial charge is 0.356 e. The number of ether oxygens (including phenoxy) is 1. The Hall–Kier alpha value is -1.65. The Balaban J connectivity index is 2.07. The van der Waals surface area contributed by atoms with E-state index in [1.807, 2.05) is 0 Å². The second-order valence-electron chi connectivity index (χ2n) is 3.57. The quantitative estimate of drug-likeness (QED) is 0.814. The molecule has 5 nitrogen and oxygen atoms in total. The third-order valence-electron chi connectivity index (χ3n) is 2.42. The molecular formula is C10H12N2O3. The van der Waals surface area contributed by atoms with Gasteiger partial charge in [0.2, 0.25) is 5.88 Å². The first kappa shape index (κ1) is 9.89. The van der Waals surface area contributed by atoms with Crippen molar-refractivity contribution in [1.29, 1.82) is 0 Å². The molecule has 5 heteroatoms. The standard InChI is InChI=1S/C10H12N2O3/c13-10(14)8-5-11-6-9(12-8)15-7-3-1-2-4-7/h5-7H,1-4H2,(H,13,14). The number of hydrogen-bond acceptors (Lipinski definition) is 4. The summed E-state index contributed by atoms with van der Waals surface area (Å²) in [6.45, 7) is 0. The van der Waals surface area contributed by atoms with Crippen molar-refractivity contribution in [2.75, 3.05) is 0 Å². The van der Waals surface area contributed by atoms with Crippen molar-refractivity contribution in [3.8, 4) is 5.88 Å². The molecule has 0 bridgehead atoms. The average molecular weight is 208 g/mol. The molecule has 1 N–H and O–H groups in total. The lowest BCUT2D eigenvalue weighted by Gasteiger charge is -2.11. The minimum Gasteiger partial charge on any atom is -0.476 e. The SMILES string of the molecule is O=C(O)c1cncc(OC2CCCC2)n1. The van der Waals surface area contributed by atoms with Crippen molar-refractivity contribution in [1.82, 2.24) is 9.97 Å². The second-order valence-corrected chi connectivity index (χ2v) is 3.57. The van der Waals surface area contributed by atoms with E-state index in [-0.39, 0.29) is 11.8 Å². The number of aromatic carboxylic acids is 1. The van der Waals surface area contributed by atoms with E-state index in [0.717, 1.165) is 25.7 Å². The zero-order valence-electron chi connectivity index (χ0n) is 8.22. The molecule has 1 heterocycles. The van der Waals surface area contributed by atoms with Crippen LogP contribution in [-0.4, -0.2) is 27.1 Å². The molecule has 2 rings (SSSR count). The summed E-state index contributed by atoms with van der Waals surface area (Å²) < 4.78 is 5.53. The van der Waals surface area contributed by atoms with Gasteiger partial charge in [-0.05, 0) is 25.7 Å². The fourth-order valence-corrected chi connectivity index (χ4v) is 1.68. The van der Waals surface area contributed by atoms with Crippen LogP contribution >= 0.6 is 0 Å². The van der Waals surface area contributed by atoms with Gasteiger partial charge in [-0.2, -0.15) is 0 Å². The van der Waals surface area contributed by atoms with Crippen LogP contribution in [-0.2, 0) is 0 Å². The topological polar surface area (TPSA) is 72.3 Å². The summed E-state index contributed by atoms with van der Waals surface area (Å²) in [5.74, 6) is -0.777. The first-order valence-electron chi connectivity index (χ1n) is 4.98. The molecular weight excluding hydrogens is 196 g/mol. The van der Waals surface area contributed by atoms with Crippen molar-refractivity contribution in [3.63, 3.8) is 0 Å². The molecule has 0 aliphatic heterocycles. The Morgan fingerprint density at radius 2 is 2.13 bits per heavy atom. The Morgan fingerprint density at radius 3 is 2.80 bits per heavy atom. The van der Waals surface area contributed by atoms with Crippen molar-refractivity contribution in [3.05, 3.63) is 18.1 Å². The van der Waals surface area contributed by atoms with Crippen LogP contribution in [0.3, 0.4) is 0 Å². The van der Waals surface area contributed by atoms with Gasteiger partial charge < -0.3 is 9.84 Å². The maximum Gasteiger partial charge on any atom is 0.356 e. The highest BCUT2D eigenvalue weighted by atomic mass is 16.5. The molecule has 1 fully saturated rings. The van der Waals surface area contributed by atoms with Gasteiger partial charge in [0.1, 0.15) is 6.10 Å². The normalized spacial score (nSPS) is 16.5. The summed E-state index contributed by atoms with van der Waals surface area (Å²) in [5.41, 5.74) is -0.0782. The number of aromatic nitrogens is 2. The molecule has 1 saturated carbocycles. The summed E-state index contributed by atoms with van der Waals surface area (Å²) >= 11 is 0. The highest BCUT2D eigenvalue weighted by Crippen LogP contribution is 2.22. The summed E-state index contributed by atoms with van der Waals surface area (Å²) in [4.78, 5) is 18.3. The van der Waals surface area contributed by atoms with Crippen LogP contribution in [0.2, 0.25) is 0 Å². The highest BCUT2D eigenvalue weighted by molar-refractivity contribution is 5.84. The van der Waals surface area contributed by atoms with Crippen LogP contribution in [0, 0.1) is 0 Å². The third kappa shape index (κ3) is 2.43. The van der Waals surface area contributed by atoms with Gasteiger partial charge in [-0.1, -0.05) is 0 Å². The summed E-state index contributed by atoms with van der Waals surface area (Å²) in [6, 6.07) is 0. The minimum atomic E-state index is -1.08. The highest BCUT2D eigenvalue weighted by Gasteiger charge is 2.17. The molecule has 1 aromatic rings. The van der Waals surface area contributed by atoms with Crippen molar-refractivity contribution in [2.24, 2.45) is 0 Å². The number of carboxylic acids is 1. The van der Waals surface area contributed by atoms with Gasteiger partial charge in [-0.15, -0.1) is 0 Å². The van der Waals surface area contributed by atoms with Crippen LogP contribution in [0.4, 0.5) is 0 Å². The van der Waals surface area contributed by atoms with Gasteiger partial charge in [-0.25, -0.2) is 9.78 Å². The third-order valence-corrected chi connectivity index (χ3v) is 2.42. The van der Waals surface area contributed by atoms with Crippen molar-refractivity contribution < 1.29 is 14.6 Å². The van der Waals surface area contributed by atoms with E-state index in [9.17, 15) is 4.79 Å². The van der Waals surface area contributed by atoms with Crippen LogP contribution < -0.4 is 4.74 Å². The van der Waals surface area contributed by atoms with Gasteiger partial charge in [0.05, 0.1) is 12.4 Å². The maximum atomic E-state index is 10.6. The van der Waals surface area contributed by atoms with Crippen LogP contribution in [0.25, 0.3) is 0 Å². The van der Waals surface area contributed by atoms with E-state index in [4.69, 9.17) is 9.84 Å². The zero-order valence-corrected chi connectivity index (χ0v) is 8.22. The number of carbonyl (C=O) groups is 1.